The van der Waals surface area contributed by atoms with Crippen molar-refractivity contribution in [2.45, 2.75) is 38.6 Å². The Morgan fingerprint density at radius 2 is 2.14 bits per heavy atom. The summed E-state index contributed by atoms with van der Waals surface area (Å²) in [6.07, 6.45) is 8.82. The van der Waals surface area contributed by atoms with Gasteiger partial charge in [-0.2, -0.15) is 14.7 Å². The van der Waals surface area contributed by atoms with Gasteiger partial charge in [0.05, 0.1) is 35.8 Å². The number of nitrogens with one attached hydrogen (secondary N) is 1. The lowest BCUT2D eigenvalue weighted by molar-refractivity contribution is -0.137. The summed E-state index contributed by atoms with van der Waals surface area (Å²) in [6.45, 7) is 3.06. The zero-order valence-corrected chi connectivity index (χ0v) is 20.6. The quantitative estimate of drug-likeness (QED) is 0.472. The molecule has 1 N–H and O–H groups in total. The molecule has 10 nitrogen and oxygen atoms in total. The van der Waals surface area contributed by atoms with E-state index in [1.807, 2.05) is 35.0 Å². The molecule has 1 aliphatic heterocycles. The van der Waals surface area contributed by atoms with Gasteiger partial charge >= 0.3 is 0 Å². The summed E-state index contributed by atoms with van der Waals surface area (Å²) >= 11 is 0. The molecule has 36 heavy (non-hydrogen) atoms. The summed E-state index contributed by atoms with van der Waals surface area (Å²) in [6, 6.07) is 7.43. The van der Waals surface area contributed by atoms with Gasteiger partial charge in [0, 0.05) is 37.4 Å². The average molecular weight is 488 g/mol. The van der Waals surface area contributed by atoms with Crippen LogP contribution in [0.15, 0.2) is 42.9 Å². The van der Waals surface area contributed by atoms with Crippen LogP contribution in [0.25, 0.3) is 16.6 Å². The lowest BCUT2D eigenvalue weighted by Gasteiger charge is -2.40. The smallest absolute Gasteiger partial charge is 0.260 e. The molecular weight excluding hydrogens is 458 g/mol. The number of amides is 2. The van der Waals surface area contributed by atoms with E-state index in [1.54, 1.807) is 36.2 Å². The van der Waals surface area contributed by atoms with Crippen molar-refractivity contribution >= 4 is 34.2 Å². The van der Waals surface area contributed by atoms with E-state index >= 15 is 0 Å². The molecule has 186 valence electrons. The third-order valence-corrected chi connectivity index (χ3v) is 7.96. The van der Waals surface area contributed by atoms with Crippen LogP contribution in [0.5, 0.6) is 5.75 Å². The fourth-order valence-electron chi connectivity index (χ4n) is 6.06. The summed E-state index contributed by atoms with van der Waals surface area (Å²) in [5, 5.41) is 12.8. The Balaban J connectivity index is 1.27. The Hall–Kier alpha value is -3.95. The molecule has 1 spiro atoms. The van der Waals surface area contributed by atoms with Crippen LogP contribution in [0.4, 0.5) is 5.82 Å². The summed E-state index contributed by atoms with van der Waals surface area (Å²) in [5.41, 5.74) is 1.61. The van der Waals surface area contributed by atoms with Gasteiger partial charge in [0.15, 0.2) is 11.5 Å². The molecule has 3 aromatic heterocycles. The predicted molar refractivity (Wildman–Crippen MR) is 134 cm³/mol. The topological polar surface area (TPSA) is 107 Å². The summed E-state index contributed by atoms with van der Waals surface area (Å²) < 4.78 is 9.14. The van der Waals surface area contributed by atoms with Crippen LogP contribution in [0, 0.1) is 11.3 Å². The molecule has 1 aromatic carbocycles. The minimum atomic E-state index is -0.314. The lowest BCUT2D eigenvalue weighted by Crippen LogP contribution is -2.39. The molecule has 6 rings (SSSR count). The van der Waals surface area contributed by atoms with E-state index in [0.717, 1.165) is 43.1 Å². The van der Waals surface area contributed by atoms with Crippen LogP contribution in [0.3, 0.4) is 0 Å². The maximum Gasteiger partial charge on any atom is 0.260 e. The Morgan fingerprint density at radius 1 is 1.28 bits per heavy atom. The molecule has 0 radical (unpaired) electrons. The minimum absolute atomic E-state index is 0.203. The van der Waals surface area contributed by atoms with Gasteiger partial charge in [0.2, 0.25) is 5.91 Å². The van der Waals surface area contributed by atoms with E-state index in [1.165, 1.54) is 0 Å². The van der Waals surface area contributed by atoms with E-state index in [9.17, 15) is 9.59 Å². The number of likely N-dealkylation sites (tertiary alicyclic amines) is 1. The maximum absolute atomic E-state index is 13.2. The van der Waals surface area contributed by atoms with Crippen LogP contribution in [-0.2, 0) is 4.79 Å². The van der Waals surface area contributed by atoms with Gasteiger partial charge in [-0.3, -0.25) is 14.3 Å². The highest BCUT2D eigenvalue weighted by molar-refractivity contribution is 6.08. The Morgan fingerprint density at radius 3 is 2.89 bits per heavy atom. The van der Waals surface area contributed by atoms with E-state index < -0.39 is 0 Å². The standard InChI is InChI=1S/C26H29N7O3/c1-16-13-26(8-10-31(2)25(26)35)7-6-20(16)32-15-17-11-18(21(36-3)12-19(17)30-32)24(34)29-23-14-27-22-5-4-9-28-33(22)23/h4-5,9,11-12,14-16,20H,6-8,10,13H2,1-3H3,(H,29,34). The van der Waals surface area contributed by atoms with E-state index in [-0.39, 0.29) is 17.4 Å². The second-order valence-corrected chi connectivity index (χ2v) is 10.2. The van der Waals surface area contributed by atoms with Crippen LogP contribution in [0.2, 0.25) is 0 Å². The molecule has 4 aromatic rings. The van der Waals surface area contributed by atoms with Gasteiger partial charge in [-0.05, 0) is 49.8 Å². The zero-order valence-electron chi connectivity index (χ0n) is 20.6. The Bertz CT molecular complexity index is 1490. The highest BCUT2D eigenvalue weighted by Crippen LogP contribution is 2.50. The molecule has 2 amide bonds. The highest BCUT2D eigenvalue weighted by Gasteiger charge is 2.49. The van der Waals surface area contributed by atoms with Crippen molar-refractivity contribution in [3.63, 3.8) is 0 Å². The fraction of sp³-hybridized carbons (Fsp3) is 0.423. The first-order valence-corrected chi connectivity index (χ1v) is 12.3. The number of imidazole rings is 1. The van der Waals surface area contributed by atoms with E-state index in [4.69, 9.17) is 9.84 Å². The number of carbonyl (C=O) groups excluding carboxylic acids is 2. The number of anilines is 1. The Kier molecular flexibility index (Phi) is 5.20. The number of carbonyl (C=O) groups is 2. The predicted octanol–water partition coefficient (Wildman–Crippen LogP) is 3.55. The third-order valence-electron chi connectivity index (χ3n) is 7.96. The van der Waals surface area contributed by atoms with Crippen molar-refractivity contribution in [3.05, 3.63) is 48.4 Å². The van der Waals surface area contributed by atoms with Gasteiger partial charge in [0.25, 0.3) is 5.91 Å². The monoisotopic (exact) mass is 487 g/mol. The van der Waals surface area contributed by atoms with Gasteiger partial charge < -0.3 is 15.0 Å². The van der Waals surface area contributed by atoms with Crippen LogP contribution in [-0.4, -0.2) is 61.8 Å². The molecular formula is C26H29N7O3. The number of ether oxygens (including phenoxy) is 1. The van der Waals surface area contributed by atoms with Crippen molar-refractivity contribution in [1.29, 1.82) is 0 Å². The molecule has 1 saturated heterocycles. The first-order valence-electron chi connectivity index (χ1n) is 12.3. The molecule has 3 atom stereocenters. The molecule has 10 heteroatoms. The minimum Gasteiger partial charge on any atom is -0.496 e. The highest BCUT2D eigenvalue weighted by atomic mass is 16.5. The van der Waals surface area contributed by atoms with E-state index in [2.05, 4.69) is 22.3 Å². The average Bonchev–Trinajstić information content (AvgIpc) is 3.56. The van der Waals surface area contributed by atoms with E-state index in [0.29, 0.717) is 34.6 Å². The van der Waals surface area contributed by atoms with Crippen LogP contribution < -0.4 is 10.1 Å². The number of rotatable bonds is 4. The number of benzene rings is 1. The van der Waals surface area contributed by atoms with Crippen molar-refractivity contribution in [3.8, 4) is 5.75 Å². The normalized spacial score (nSPS) is 24.2. The van der Waals surface area contributed by atoms with Crippen molar-refractivity contribution in [2.24, 2.45) is 11.3 Å². The molecule has 0 bridgehead atoms. The maximum atomic E-state index is 13.2. The number of nitrogens with zero attached hydrogens (tertiary/aromatic N) is 6. The van der Waals surface area contributed by atoms with Crippen LogP contribution in [0.1, 0.15) is 49.0 Å². The number of hydrogen-bond acceptors (Lipinski definition) is 6. The Labute approximate surface area is 208 Å². The fourth-order valence-corrected chi connectivity index (χ4v) is 6.06. The lowest BCUT2D eigenvalue weighted by atomic mass is 9.67. The van der Waals surface area contributed by atoms with Gasteiger partial charge in [-0.15, -0.1) is 0 Å². The summed E-state index contributed by atoms with van der Waals surface area (Å²) in [4.78, 5) is 32.2. The van der Waals surface area contributed by atoms with Gasteiger partial charge in [-0.25, -0.2) is 4.98 Å². The largest absolute Gasteiger partial charge is 0.496 e. The third kappa shape index (κ3) is 3.51. The molecule has 3 unspecified atom stereocenters. The van der Waals surface area contributed by atoms with Crippen LogP contribution >= 0.6 is 0 Å². The van der Waals surface area contributed by atoms with Crippen molar-refractivity contribution in [1.82, 2.24) is 29.3 Å². The summed E-state index contributed by atoms with van der Waals surface area (Å²) in [5.74, 6) is 1.22. The molecule has 1 aliphatic carbocycles. The van der Waals surface area contributed by atoms with Crippen molar-refractivity contribution < 1.29 is 14.3 Å². The first kappa shape index (κ1) is 22.5. The second-order valence-electron chi connectivity index (χ2n) is 10.2. The number of fused-ring (bicyclic) bond motifs is 2. The number of methoxy groups -OCH3 is 1. The van der Waals surface area contributed by atoms with Gasteiger partial charge in [0.1, 0.15) is 5.75 Å². The molecule has 4 heterocycles. The van der Waals surface area contributed by atoms with Gasteiger partial charge in [-0.1, -0.05) is 6.92 Å². The molecule has 2 fully saturated rings. The zero-order chi connectivity index (χ0) is 25.0. The summed E-state index contributed by atoms with van der Waals surface area (Å²) in [7, 11) is 3.45. The number of hydrogen-bond donors (Lipinski definition) is 1. The number of aromatic nitrogens is 5. The first-order chi connectivity index (χ1) is 17.4. The van der Waals surface area contributed by atoms with Crippen molar-refractivity contribution in [2.75, 3.05) is 26.0 Å². The second kappa shape index (κ2) is 8.32. The molecule has 2 aliphatic rings. The SMILES string of the molecule is COc1cc2nn(C3CCC4(CCN(C)C4=O)CC3C)cc2cc1C(=O)Nc1cnc2cccnn12. The molecule has 1 saturated carbocycles.